The molecule has 23 heavy (non-hydrogen) atoms. The van der Waals surface area contributed by atoms with Gasteiger partial charge in [-0.2, -0.15) is 5.10 Å². The van der Waals surface area contributed by atoms with Gasteiger partial charge in [0.05, 0.1) is 27.8 Å². The third kappa shape index (κ3) is 3.89. The summed E-state index contributed by atoms with van der Waals surface area (Å²) in [4.78, 5) is 12.2. The fourth-order valence-corrected chi connectivity index (χ4v) is 4.10. The van der Waals surface area contributed by atoms with Gasteiger partial charge in [0.1, 0.15) is 0 Å². The minimum absolute atomic E-state index is 0.00578. The first-order valence-electron chi connectivity index (χ1n) is 6.93. The Morgan fingerprint density at radius 2 is 2.17 bits per heavy atom. The summed E-state index contributed by atoms with van der Waals surface area (Å²) in [5.41, 5.74) is 1.36. The van der Waals surface area contributed by atoms with E-state index in [1.165, 1.54) is 5.41 Å². The highest BCUT2D eigenvalue weighted by Crippen LogP contribution is 2.23. The summed E-state index contributed by atoms with van der Waals surface area (Å²) >= 11 is 3.34. The Hall–Kier alpha value is -1.93. The molecule has 2 aromatic rings. The van der Waals surface area contributed by atoms with Gasteiger partial charge >= 0.3 is 0 Å². The van der Waals surface area contributed by atoms with E-state index in [2.05, 4.69) is 26.3 Å². The summed E-state index contributed by atoms with van der Waals surface area (Å²) in [7, 11) is -3.14. The number of allylic oxidation sites excluding steroid dienone is 1. The summed E-state index contributed by atoms with van der Waals surface area (Å²) in [6, 6.07) is 7.30. The number of nitrogens with zero attached hydrogens (tertiary/aromatic N) is 2. The van der Waals surface area contributed by atoms with Crippen molar-refractivity contribution < 1.29 is 13.2 Å². The summed E-state index contributed by atoms with van der Waals surface area (Å²) in [6.07, 6.45) is 5.16. The van der Waals surface area contributed by atoms with Crippen LogP contribution in [-0.2, 0) is 14.6 Å². The first kappa shape index (κ1) is 15.9. The van der Waals surface area contributed by atoms with Crippen molar-refractivity contribution >= 4 is 37.4 Å². The zero-order chi connectivity index (χ0) is 16.4. The van der Waals surface area contributed by atoms with E-state index in [0.717, 1.165) is 10.2 Å². The van der Waals surface area contributed by atoms with Crippen molar-refractivity contribution in [2.75, 3.05) is 11.1 Å². The highest BCUT2D eigenvalue weighted by Gasteiger charge is 2.24. The average Bonchev–Trinajstić information content (AvgIpc) is 3.05. The molecule has 1 aliphatic rings. The number of nitrogens with one attached hydrogen (secondary N) is 1. The molecule has 0 aliphatic carbocycles. The van der Waals surface area contributed by atoms with Gasteiger partial charge in [-0.1, -0.05) is 18.2 Å². The number of anilines is 1. The fraction of sp³-hybridized carbons (Fsp3) is 0.200. The number of amides is 1. The Morgan fingerprint density at radius 1 is 1.39 bits per heavy atom. The number of aromatic nitrogens is 2. The second-order valence-electron chi connectivity index (χ2n) is 5.29. The number of carbonyl (C=O) groups excluding carboxylic acids is 1. The number of hydrogen-bond acceptors (Lipinski definition) is 4. The lowest BCUT2D eigenvalue weighted by molar-refractivity contribution is -0.116. The van der Waals surface area contributed by atoms with Crippen LogP contribution in [0.3, 0.4) is 0 Å². The van der Waals surface area contributed by atoms with Gasteiger partial charge < -0.3 is 5.32 Å². The molecule has 1 atom stereocenters. The van der Waals surface area contributed by atoms with Crippen molar-refractivity contribution in [3.05, 3.63) is 52.6 Å². The van der Waals surface area contributed by atoms with Gasteiger partial charge in [-0.25, -0.2) is 13.1 Å². The van der Waals surface area contributed by atoms with Gasteiger partial charge in [-0.05, 0) is 28.1 Å². The van der Waals surface area contributed by atoms with E-state index < -0.39 is 9.84 Å². The Labute approximate surface area is 142 Å². The maximum Gasteiger partial charge on any atom is 0.225 e. The zero-order valence-electron chi connectivity index (χ0n) is 12.0. The van der Waals surface area contributed by atoms with Gasteiger partial charge in [0, 0.05) is 23.9 Å². The molecule has 2 heterocycles. The molecular formula is C15H14BrN3O3S. The van der Waals surface area contributed by atoms with Crippen LogP contribution in [0.1, 0.15) is 6.42 Å². The molecule has 0 fully saturated rings. The minimum Gasteiger partial charge on any atom is -0.324 e. The highest BCUT2D eigenvalue weighted by molar-refractivity contribution is 9.10. The van der Waals surface area contributed by atoms with Gasteiger partial charge in [-0.15, -0.1) is 0 Å². The SMILES string of the molecule is O=C(CC1C=CS(=O)(=O)C1)Nc1ccccc1-n1cc(Br)cn1. The lowest BCUT2D eigenvalue weighted by Crippen LogP contribution is -2.18. The van der Waals surface area contributed by atoms with Crippen LogP contribution in [0.4, 0.5) is 5.69 Å². The van der Waals surface area contributed by atoms with Crippen LogP contribution in [0, 0.1) is 5.92 Å². The first-order valence-corrected chi connectivity index (χ1v) is 9.44. The molecule has 120 valence electrons. The molecule has 8 heteroatoms. The van der Waals surface area contributed by atoms with Crippen LogP contribution in [0.25, 0.3) is 5.69 Å². The summed E-state index contributed by atoms with van der Waals surface area (Å²) in [5.74, 6) is -0.504. The molecule has 6 nitrogen and oxygen atoms in total. The topological polar surface area (TPSA) is 81.1 Å². The smallest absolute Gasteiger partial charge is 0.225 e. The maximum atomic E-state index is 12.2. The number of carbonyl (C=O) groups is 1. The molecule has 1 aromatic heterocycles. The second kappa shape index (κ2) is 6.29. The predicted octanol–water partition coefficient (Wildman–Crippen LogP) is 2.52. The normalized spacial score (nSPS) is 18.9. The predicted molar refractivity (Wildman–Crippen MR) is 90.9 cm³/mol. The Balaban J connectivity index is 1.73. The lowest BCUT2D eigenvalue weighted by atomic mass is 10.1. The van der Waals surface area contributed by atoms with Crippen LogP contribution in [0.2, 0.25) is 0 Å². The number of sulfone groups is 1. The largest absolute Gasteiger partial charge is 0.324 e. The summed E-state index contributed by atoms with van der Waals surface area (Å²) < 4.78 is 25.3. The van der Waals surface area contributed by atoms with Crippen molar-refractivity contribution in [3.63, 3.8) is 0 Å². The highest BCUT2D eigenvalue weighted by atomic mass is 79.9. The van der Waals surface area contributed by atoms with Gasteiger partial charge in [0.2, 0.25) is 5.91 Å². The van der Waals surface area contributed by atoms with E-state index >= 15 is 0 Å². The van der Waals surface area contributed by atoms with Crippen LogP contribution in [0.5, 0.6) is 0 Å². The number of para-hydroxylation sites is 2. The minimum atomic E-state index is -3.14. The monoisotopic (exact) mass is 395 g/mol. The molecule has 0 spiro atoms. The lowest BCUT2D eigenvalue weighted by Gasteiger charge is -2.12. The molecule has 1 N–H and O–H groups in total. The average molecular weight is 396 g/mol. The molecule has 0 radical (unpaired) electrons. The van der Waals surface area contributed by atoms with Crippen LogP contribution < -0.4 is 5.32 Å². The number of hydrogen-bond donors (Lipinski definition) is 1. The van der Waals surface area contributed by atoms with Crippen LogP contribution in [-0.4, -0.2) is 29.9 Å². The summed E-state index contributed by atoms with van der Waals surface area (Å²) in [5, 5.41) is 8.21. The molecular weight excluding hydrogens is 382 g/mol. The van der Waals surface area contributed by atoms with Gasteiger partial charge in [0.15, 0.2) is 9.84 Å². The molecule has 1 aliphatic heterocycles. The molecule has 0 bridgehead atoms. The summed E-state index contributed by atoms with van der Waals surface area (Å²) in [6.45, 7) is 0. The van der Waals surface area contributed by atoms with E-state index in [-0.39, 0.29) is 24.0 Å². The standard InChI is InChI=1S/C15H14BrN3O3S/c16-12-8-17-19(9-12)14-4-2-1-3-13(14)18-15(20)7-11-5-6-23(21,22)10-11/h1-6,8-9,11H,7,10H2,(H,18,20). The first-order chi connectivity index (χ1) is 10.9. The maximum absolute atomic E-state index is 12.2. The number of benzene rings is 1. The van der Waals surface area contributed by atoms with Crippen molar-refractivity contribution in [1.29, 1.82) is 0 Å². The Bertz CT molecular complexity index is 874. The van der Waals surface area contributed by atoms with E-state index in [0.29, 0.717) is 5.69 Å². The van der Waals surface area contributed by atoms with Gasteiger partial charge in [-0.3, -0.25) is 4.79 Å². The third-order valence-electron chi connectivity index (χ3n) is 3.43. The quantitative estimate of drug-likeness (QED) is 0.861. The number of halogens is 1. The second-order valence-corrected chi connectivity index (χ2v) is 8.14. The molecule has 0 saturated heterocycles. The molecule has 1 unspecified atom stereocenters. The van der Waals surface area contributed by atoms with Crippen LogP contribution in [0.15, 0.2) is 52.6 Å². The fourth-order valence-electron chi connectivity index (χ4n) is 2.42. The van der Waals surface area contributed by atoms with E-state index in [1.807, 2.05) is 18.2 Å². The zero-order valence-corrected chi connectivity index (χ0v) is 14.4. The van der Waals surface area contributed by atoms with Crippen LogP contribution >= 0.6 is 15.9 Å². The van der Waals surface area contributed by atoms with Crippen molar-refractivity contribution in [2.45, 2.75) is 6.42 Å². The van der Waals surface area contributed by atoms with E-state index in [9.17, 15) is 13.2 Å². The van der Waals surface area contributed by atoms with Crippen molar-refractivity contribution in [2.24, 2.45) is 5.92 Å². The van der Waals surface area contributed by atoms with E-state index in [4.69, 9.17) is 0 Å². The molecule has 3 rings (SSSR count). The Morgan fingerprint density at radius 3 is 2.83 bits per heavy atom. The Kier molecular flexibility index (Phi) is 4.36. The van der Waals surface area contributed by atoms with Crippen molar-refractivity contribution in [3.8, 4) is 5.69 Å². The van der Waals surface area contributed by atoms with Crippen molar-refractivity contribution in [1.82, 2.24) is 9.78 Å². The molecule has 0 saturated carbocycles. The molecule has 1 amide bonds. The van der Waals surface area contributed by atoms with E-state index in [1.54, 1.807) is 29.2 Å². The third-order valence-corrected chi connectivity index (χ3v) is 5.30. The van der Waals surface area contributed by atoms with Gasteiger partial charge in [0.25, 0.3) is 0 Å². The number of rotatable bonds is 4. The molecule has 1 aromatic carbocycles.